The Morgan fingerprint density at radius 1 is 1.14 bits per heavy atom. The van der Waals surface area contributed by atoms with Crippen LogP contribution in [-0.4, -0.2) is 15.5 Å². The topological polar surface area (TPSA) is 64.0 Å². The molecule has 0 radical (unpaired) electrons. The van der Waals surface area contributed by atoms with E-state index in [1.54, 1.807) is 37.3 Å². The van der Waals surface area contributed by atoms with Crippen LogP contribution >= 0.6 is 0 Å². The molecule has 1 aromatic heterocycles. The molecule has 2 aromatic carbocycles. The van der Waals surface area contributed by atoms with Crippen molar-refractivity contribution in [3.05, 3.63) is 76.1 Å². The van der Waals surface area contributed by atoms with Crippen LogP contribution in [0.25, 0.3) is 10.9 Å². The first-order valence-corrected chi connectivity index (χ1v) is 9.65. The number of carbonyl (C=O) groups excluding carboxylic acids is 1. The molecule has 0 spiro atoms. The monoisotopic (exact) mass is 395 g/mol. The van der Waals surface area contributed by atoms with E-state index in [2.05, 4.69) is 31.1 Å². The number of halogens is 1. The molecule has 0 aliphatic heterocycles. The highest BCUT2D eigenvalue weighted by Gasteiger charge is 2.23. The Labute approximate surface area is 169 Å². The van der Waals surface area contributed by atoms with Crippen molar-refractivity contribution in [2.24, 2.45) is 5.41 Å². The summed E-state index contributed by atoms with van der Waals surface area (Å²) in [6.07, 6.45) is 0.675. The molecular weight excluding hydrogens is 369 g/mol. The van der Waals surface area contributed by atoms with Gasteiger partial charge in [-0.2, -0.15) is 0 Å². The average Bonchev–Trinajstić information content (AvgIpc) is 2.64. The number of fused-ring (bicyclic) bond motifs is 1. The lowest BCUT2D eigenvalue weighted by Gasteiger charge is -2.27. The molecule has 5 nitrogen and oxygen atoms in total. The first-order chi connectivity index (χ1) is 13.6. The number of amides is 1. The fourth-order valence-corrected chi connectivity index (χ4v) is 3.41. The van der Waals surface area contributed by atoms with Gasteiger partial charge in [-0.1, -0.05) is 45.0 Å². The van der Waals surface area contributed by atoms with Gasteiger partial charge in [0.2, 0.25) is 5.91 Å². The number of carbonyl (C=O) groups is 1. The first-order valence-electron chi connectivity index (χ1n) is 9.65. The van der Waals surface area contributed by atoms with Crippen molar-refractivity contribution >= 4 is 16.8 Å². The van der Waals surface area contributed by atoms with E-state index in [-0.39, 0.29) is 35.3 Å². The second-order valence-electron chi connectivity index (χ2n) is 8.50. The first kappa shape index (κ1) is 20.7. The fraction of sp³-hybridized carbons (Fsp3) is 0.348. The normalized spacial score (nSPS) is 12.7. The van der Waals surface area contributed by atoms with E-state index in [4.69, 9.17) is 0 Å². The number of hydrogen-bond donors (Lipinski definition) is 1. The number of hydrogen-bond acceptors (Lipinski definition) is 3. The van der Waals surface area contributed by atoms with Crippen LogP contribution in [-0.2, 0) is 11.3 Å². The molecule has 1 heterocycles. The number of aromatic nitrogens is 2. The standard InChI is InChI=1S/C23H26FN3O2/c1-15-25-19-8-6-5-7-18(19)22(29)27(15)14-21(28)26-20(13-23(2,3)4)16-9-11-17(24)12-10-16/h5-12,20H,13-14H2,1-4H3,(H,26,28). The van der Waals surface area contributed by atoms with Gasteiger partial charge in [0.25, 0.3) is 5.56 Å². The quantitative estimate of drug-likeness (QED) is 0.706. The van der Waals surface area contributed by atoms with E-state index in [9.17, 15) is 14.0 Å². The molecule has 0 aliphatic rings. The van der Waals surface area contributed by atoms with Gasteiger partial charge in [0.1, 0.15) is 18.2 Å². The zero-order chi connectivity index (χ0) is 21.2. The van der Waals surface area contributed by atoms with Gasteiger partial charge in [-0.15, -0.1) is 0 Å². The molecule has 1 unspecified atom stereocenters. The number of nitrogens with zero attached hydrogens (tertiary/aromatic N) is 2. The molecule has 29 heavy (non-hydrogen) atoms. The predicted molar refractivity (Wildman–Crippen MR) is 112 cm³/mol. The lowest BCUT2D eigenvalue weighted by molar-refractivity contribution is -0.122. The minimum absolute atomic E-state index is 0.0520. The maximum atomic E-state index is 13.3. The molecule has 6 heteroatoms. The van der Waals surface area contributed by atoms with Gasteiger partial charge in [-0.25, -0.2) is 9.37 Å². The number of rotatable bonds is 5. The molecule has 0 aliphatic carbocycles. The predicted octanol–water partition coefficient (Wildman–Crippen LogP) is 4.14. The van der Waals surface area contributed by atoms with Crippen molar-refractivity contribution in [1.29, 1.82) is 0 Å². The van der Waals surface area contributed by atoms with Gasteiger partial charge >= 0.3 is 0 Å². The highest BCUT2D eigenvalue weighted by molar-refractivity contribution is 5.79. The summed E-state index contributed by atoms with van der Waals surface area (Å²) < 4.78 is 14.7. The number of benzene rings is 2. The van der Waals surface area contributed by atoms with Gasteiger partial charge in [0.15, 0.2) is 0 Å². The Kier molecular flexibility index (Phi) is 5.82. The van der Waals surface area contributed by atoms with Gasteiger partial charge in [-0.05, 0) is 48.6 Å². The zero-order valence-electron chi connectivity index (χ0n) is 17.2. The highest BCUT2D eigenvalue weighted by Crippen LogP contribution is 2.29. The van der Waals surface area contributed by atoms with Gasteiger partial charge in [0.05, 0.1) is 16.9 Å². The third-order valence-electron chi connectivity index (χ3n) is 4.78. The number of nitrogens with one attached hydrogen (secondary N) is 1. The van der Waals surface area contributed by atoms with Crippen molar-refractivity contribution in [3.63, 3.8) is 0 Å². The van der Waals surface area contributed by atoms with Crippen LogP contribution in [0.3, 0.4) is 0 Å². The Morgan fingerprint density at radius 2 is 1.79 bits per heavy atom. The van der Waals surface area contributed by atoms with Crippen molar-refractivity contribution < 1.29 is 9.18 Å². The number of para-hydroxylation sites is 1. The van der Waals surface area contributed by atoms with Crippen molar-refractivity contribution in [2.75, 3.05) is 0 Å². The fourth-order valence-electron chi connectivity index (χ4n) is 3.41. The van der Waals surface area contributed by atoms with E-state index in [0.717, 1.165) is 5.56 Å². The summed E-state index contributed by atoms with van der Waals surface area (Å²) in [5.41, 5.74) is 1.15. The third-order valence-corrected chi connectivity index (χ3v) is 4.78. The van der Waals surface area contributed by atoms with E-state index in [0.29, 0.717) is 23.1 Å². The summed E-state index contributed by atoms with van der Waals surface area (Å²) in [4.78, 5) is 30.1. The molecule has 0 fully saturated rings. The molecule has 3 rings (SSSR count). The second kappa shape index (κ2) is 8.15. The summed E-state index contributed by atoms with van der Waals surface area (Å²) in [5.74, 6) is -0.122. The molecule has 1 atom stereocenters. The van der Waals surface area contributed by atoms with Crippen LogP contribution in [0.4, 0.5) is 4.39 Å². The summed E-state index contributed by atoms with van der Waals surface area (Å²) in [6.45, 7) is 7.84. The Bertz CT molecular complexity index is 1080. The smallest absolute Gasteiger partial charge is 0.261 e. The van der Waals surface area contributed by atoms with Crippen LogP contribution in [0.15, 0.2) is 53.3 Å². The van der Waals surface area contributed by atoms with E-state index >= 15 is 0 Å². The van der Waals surface area contributed by atoms with Crippen molar-refractivity contribution in [1.82, 2.24) is 14.9 Å². The molecule has 0 bridgehead atoms. The van der Waals surface area contributed by atoms with Crippen LogP contribution < -0.4 is 10.9 Å². The Hall–Kier alpha value is -3.02. The number of aryl methyl sites for hydroxylation is 1. The van der Waals surface area contributed by atoms with Gasteiger partial charge in [-0.3, -0.25) is 14.2 Å². The van der Waals surface area contributed by atoms with E-state index in [1.807, 2.05) is 6.07 Å². The average molecular weight is 395 g/mol. The maximum absolute atomic E-state index is 13.3. The third kappa shape index (κ3) is 5.08. The molecule has 3 aromatic rings. The minimum Gasteiger partial charge on any atom is -0.348 e. The largest absolute Gasteiger partial charge is 0.348 e. The Balaban J connectivity index is 1.86. The molecule has 0 saturated heterocycles. The van der Waals surface area contributed by atoms with Crippen LogP contribution in [0.2, 0.25) is 0 Å². The molecular formula is C23H26FN3O2. The summed E-state index contributed by atoms with van der Waals surface area (Å²) in [5, 5.41) is 3.49. The molecule has 0 saturated carbocycles. The van der Waals surface area contributed by atoms with Gasteiger partial charge in [0, 0.05) is 0 Å². The maximum Gasteiger partial charge on any atom is 0.261 e. The second-order valence-corrected chi connectivity index (χ2v) is 8.50. The zero-order valence-corrected chi connectivity index (χ0v) is 17.2. The van der Waals surface area contributed by atoms with Gasteiger partial charge < -0.3 is 5.32 Å². The molecule has 1 N–H and O–H groups in total. The molecule has 1 amide bonds. The van der Waals surface area contributed by atoms with Crippen LogP contribution in [0.1, 0.15) is 44.6 Å². The van der Waals surface area contributed by atoms with E-state index in [1.165, 1.54) is 16.7 Å². The highest BCUT2D eigenvalue weighted by atomic mass is 19.1. The van der Waals surface area contributed by atoms with E-state index < -0.39 is 0 Å². The van der Waals surface area contributed by atoms with Crippen molar-refractivity contribution in [3.8, 4) is 0 Å². The Morgan fingerprint density at radius 3 is 2.45 bits per heavy atom. The minimum atomic E-state index is -0.320. The lowest BCUT2D eigenvalue weighted by atomic mass is 9.85. The molecule has 152 valence electrons. The SMILES string of the molecule is Cc1nc2ccccc2c(=O)n1CC(=O)NC(CC(C)(C)C)c1ccc(F)cc1. The van der Waals surface area contributed by atoms with Crippen LogP contribution in [0.5, 0.6) is 0 Å². The summed E-state index contributed by atoms with van der Waals surface area (Å²) in [6, 6.07) is 12.9. The summed E-state index contributed by atoms with van der Waals surface area (Å²) >= 11 is 0. The summed E-state index contributed by atoms with van der Waals surface area (Å²) in [7, 11) is 0. The van der Waals surface area contributed by atoms with Crippen LogP contribution in [0, 0.1) is 18.2 Å². The lowest BCUT2D eigenvalue weighted by Crippen LogP contribution is -2.37. The van der Waals surface area contributed by atoms with Crippen molar-refractivity contribution in [2.45, 2.75) is 46.7 Å².